The number of unbranched alkanes of at least 4 members (excludes halogenated alkanes) is 1. The Morgan fingerprint density at radius 2 is 1.63 bits per heavy atom. The molecule has 5 heteroatoms. The van der Waals surface area contributed by atoms with Crippen LogP contribution >= 0.6 is 0 Å². The van der Waals surface area contributed by atoms with Gasteiger partial charge in [-0.25, -0.2) is 4.79 Å². The average Bonchev–Trinajstić information content (AvgIpc) is 2.79. The highest BCUT2D eigenvalue weighted by Crippen LogP contribution is 2.17. The van der Waals surface area contributed by atoms with Crippen LogP contribution < -0.4 is 10.1 Å². The number of rotatable bonds is 9. The number of nitrogens with one attached hydrogen (secondary N) is 1. The van der Waals surface area contributed by atoms with E-state index in [4.69, 9.17) is 9.47 Å². The molecule has 3 aromatic rings. The summed E-state index contributed by atoms with van der Waals surface area (Å²) in [6.45, 7) is 2.88. The van der Waals surface area contributed by atoms with Gasteiger partial charge in [0.15, 0.2) is 0 Å². The summed E-state index contributed by atoms with van der Waals surface area (Å²) in [6.07, 6.45) is 1.81. The van der Waals surface area contributed by atoms with E-state index in [0.717, 1.165) is 18.4 Å². The van der Waals surface area contributed by atoms with Gasteiger partial charge in [0.1, 0.15) is 12.4 Å². The number of amides is 1. The van der Waals surface area contributed by atoms with Gasteiger partial charge in [-0.15, -0.1) is 0 Å². The van der Waals surface area contributed by atoms with Crippen LogP contribution in [-0.4, -0.2) is 18.5 Å². The second-order valence-corrected chi connectivity index (χ2v) is 6.82. The minimum absolute atomic E-state index is 0.251. The van der Waals surface area contributed by atoms with Crippen molar-refractivity contribution in [2.45, 2.75) is 26.4 Å². The van der Waals surface area contributed by atoms with Gasteiger partial charge in [0, 0.05) is 11.3 Å². The molecule has 0 aliphatic heterocycles. The summed E-state index contributed by atoms with van der Waals surface area (Å²) in [7, 11) is 0. The molecule has 0 aliphatic rings. The molecule has 30 heavy (non-hydrogen) atoms. The maximum atomic E-state index is 12.6. The fraction of sp³-hybridized carbons (Fsp3) is 0.200. The van der Waals surface area contributed by atoms with E-state index in [1.165, 1.54) is 0 Å². The van der Waals surface area contributed by atoms with Gasteiger partial charge < -0.3 is 14.8 Å². The minimum Gasteiger partial charge on any atom is -0.489 e. The van der Waals surface area contributed by atoms with E-state index in [-0.39, 0.29) is 11.9 Å². The Bertz CT molecular complexity index is 968. The van der Waals surface area contributed by atoms with E-state index < -0.39 is 0 Å². The minimum atomic E-state index is -0.357. The summed E-state index contributed by atoms with van der Waals surface area (Å²) >= 11 is 0. The largest absolute Gasteiger partial charge is 0.489 e. The molecule has 1 N–H and O–H groups in total. The lowest BCUT2D eigenvalue weighted by Crippen LogP contribution is -2.12. The smallest absolute Gasteiger partial charge is 0.338 e. The summed E-state index contributed by atoms with van der Waals surface area (Å²) in [4.78, 5) is 24.5. The molecule has 0 spiro atoms. The monoisotopic (exact) mass is 403 g/mol. The molecule has 0 radical (unpaired) electrons. The highest BCUT2D eigenvalue weighted by Gasteiger charge is 2.10. The Kier molecular flexibility index (Phi) is 7.61. The van der Waals surface area contributed by atoms with Gasteiger partial charge in [0.25, 0.3) is 5.91 Å². The average molecular weight is 403 g/mol. The molecular weight excluding hydrogens is 378 g/mol. The maximum absolute atomic E-state index is 12.6. The first-order chi connectivity index (χ1) is 14.7. The van der Waals surface area contributed by atoms with Crippen LogP contribution in [0.2, 0.25) is 0 Å². The fourth-order valence-corrected chi connectivity index (χ4v) is 2.75. The Balaban J connectivity index is 1.57. The molecule has 0 saturated heterocycles. The van der Waals surface area contributed by atoms with Crippen LogP contribution in [0.1, 0.15) is 46.0 Å². The number of hydrogen-bond acceptors (Lipinski definition) is 4. The molecule has 0 atom stereocenters. The van der Waals surface area contributed by atoms with E-state index in [0.29, 0.717) is 35.8 Å². The van der Waals surface area contributed by atoms with E-state index in [1.54, 1.807) is 42.5 Å². The van der Waals surface area contributed by atoms with Crippen molar-refractivity contribution in [1.29, 1.82) is 0 Å². The molecule has 3 rings (SSSR count). The highest BCUT2D eigenvalue weighted by molar-refractivity contribution is 6.04. The number of carbonyl (C=O) groups is 2. The Labute approximate surface area is 176 Å². The van der Waals surface area contributed by atoms with Gasteiger partial charge >= 0.3 is 5.97 Å². The van der Waals surface area contributed by atoms with Crippen LogP contribution in [0.25, 0.3) is 0 Å². The van der Waals surface area contributed by atoms with Gasteiger partial charge in [0.2, 0.25) is 0 Å². The number of hydrogen-bond donors (Lipinski definition) is 1. The predicted octanol–water partition coefficient (Wildman–Crippen LogP) is 5.47. The number of carbonyl (C=O) groups excluding carboxylic acids is 2. The summed E-state index contributed by atoms with van der Waals surface area (Å²) in [5.74, 6) is 0.0136. The summed E-state index contributed by atoms with van der Waals surface area (Å²) in [5, 5.41) is 2.83. The first kappa shape index (κ1) is 21.1. The lowest BCUT2D eigenvalue weighted by molar-refractivity contribution is 0.0499. The second kappa shape index (κ2) is 10.8. The lowest BCUT2D eigenvalue weighted by Gasteiger charge is -2.09. The normalized spacial score (nSPS) is 10.3. The number of esters is 1. The first-order valence-corrected chi connectivity index (χ1v) is 10.0. The molecule has 0 fully saturated rings. The zero-order valence-corrected chi connectivity index (χ0v) is 17.0. The van der Waals surface area contributed by atoms with Crippen molar-refractivity contribution in [2.75, 3.05) is 11.9 Å². The van der Waals surface area contributed by atoms with Crippen molar-refractivity contribution in [1.82, 2.24) is 0 Å². The number of anilines is 1. The molecule has 3 aromatic carbocycles. The van der Waals surface area contributed by atoms with Crippen molar-refractivity contribution in [3.63, 3.8) is 0 Å². The fourth-order valence-electron chi connectivity index (χ4n) is 2.75. The van der Waals surface area contributed by atoms with Gasteiger partial charge in [-0.1, -0.05) is 49.7 Å². The SMILES string of the molecule is CCCCOC(=O)c1ccc(NC(=O)c2cccc(OCc3ccccc3)c2)cc1. The van der Waals surface area contributed by atoms with Crippen LogP contribution in [0.3, 0.4) is 0 Å². The number of ether oxygens (including phenoxy) is 2. The molecular formula is C25H25NO4. The van der Waals surface area contributed by atoms with Crippen LogP contribution in [0, 0.1) is 0 Å². The second-order valence-electron chi connectivity index (χ2n) is 6.82. The van der Waals surface area contributed by atoms with E-state index in [1.807, 2.05) is 43.3 Å². The molecule has 0 aliphatic carbocycles. The van der Waals surface area contributed by atoms with Crippen molar-refractivity contribution in [3.05, 3.63) is 95.6 Å². The highest BCUT2D eigenvalue weighted by atomic mass is 16.5. The molecule has 0 saturated carbocycles. The Hall–Kier alpha value is -3.60. The molecule has 154 valence electrons. The third-order valence-corrected chi connectivity index (χ3v) is 4.45. The van der Waals surface area contributed by atoms with Crippen LogP contribution in [0.5, 0.6) is 5.75 Å². The van der Waals surface area contributed by atoms with E-state index >= 15 is 0 Å². The standard InChI is InChI=1S/C25H25NO4/c1-2-3-16-29-25(28)20-12-14-22(15-13-20)26-24(27)21-10-7-11-23(17-21)30-18-19-8-5-4-6-9-19/h4-15,17H,2-3,16,18H2,1H3,(H,26,27). The van der Waals surface area contributed by atoms with Gasteiger partial charge in [0.05, 0.1) is 12.2 Å². The third kappa shape index (κ3) is 6.21. The zero-order chi connectivity index (χ0) is 21.2. The van der Waals surface area contributed by atoms with Crippen molar-refractivity contribution in [3.8, 4) is 5.75 Å². The molecule has 0 heterocycles. The van der Waals surface area contributed by atoms with Crippen molar-refractivity contribution in [2.24, 2.45) is 0 Å². The molecule has 0 unspecified atom stereocenters. The Morgan fingerprint density at radius 1 is 0.867 bits per heavy atom. The van der Waals surface area contributed by atoms with Crippen molar-refractivity contribution < 1.29 is 19.1 Å². The quantitative estimate of drug-likeness (QED) is 0.380. The molecule has 1 amide bonds. The molecule has 0 bridgehead atoms. The molecule has 0 aromatic heterocycles. The van der Waals surface area contributed by atoms with Crippen LogP contribution in [-0.2, 0) is 11.3 Å². The van der Waals surface area contributed by atoms with Gasteiger partial charge in [-0.3, -0.25) is 4.79 Å². The summed E-state index contributed by atoms with van der Waals surface area (Å²) in [5.41, 5.74) is 2.60. The molecule has 5 nitrogen and oxygen atoms in total. The van der Waals surface area contributed by atoms with E-state index in [9.17, 15) is 9.59 Å². The summed E-state index contributed by atoms with van der Waals surface area (Å²) in [6, 6.07) is 23.5. The zero-order valence-electron chi connectivity index (χ0n) is 17.0. The summed E-state index contributed by atoms with van der Waals surface area (Å²) < 4.78 is 11.0. The Morgan fingerprint density at radius 3 is 2.37 bits per heavy atom. The number of benzene rings is 3. The van der Waals surface area contributed by atoms with Gasteiger partial charge in [-0.05, 0) is 54.4 Å². The maximum Gasteiger partial charge on any atom is 0.338 e. The topological polar surface area (TPSA) is 64.6 Å². The van der Waals surface area contributed by atoms with Crippen LogP contribution in [0.15, 0.2) is 78.9 Å². The van der Waals surface area contributed by atoms with Gasteiger partial charge in [-0.2, -0.15) is 0 Å². The van der Waals surface area contributed by atoms with E-state index in [2.05, 4.69) is 5.32 Å². The third-order valence-electron chi connectivity index (χ3n) is 4.45. The predicted molar refractivity (Wildman–Crippen MR) is 117 cm³/mol. The first-order valence-electron chi connectivity index (χ1n) is 10.0. The van der Waals surface area contributed by atoms with Crippen LogP contribution in [0.4, 0.5) is 5.69 Å². The van der Waals surface area contributed by atoms with Crippen molar-refractivity contribution >= 4 is 17.6 Å². The lowest BCUT2D eigenvalue weighted by atomic mass is 10.1.